The number of rotatable bonds is 3. The Kier molecular flexibility index (Phi) is 5.32. The van der Waals surface area contributed by atoms with E-state index in [0.29, 0.717) is 29.9 Å². The Balaban J connectivity index is 1.53. The Labute approximate surface area is 185 Å². The summed E-state index contributed by atoms with van der Waals surface area (Å²) in [6.07, 6.45) is 22.7. The Morgan fingerprint density at radius 2 is 1.23 bits per heavy atom. The molecule has 0 saturated carbocycles. The summed E-state index contributed by atoms with van der Waals surface area (Å²) in [5.74, 6) is 3.32. The molecule has 6 nitrogen and oxygen atoms in total. The molecule has 0 radical (unpaired) electrons. The minimum atomic E-state index is -0.119. The first-order valence-corrected chi connectivity index (χ1v) is 11.8. The monoisotopic (exact) mass is 418 g/mol. The zero-order valence-corrected chi connectivity index (χ0v) is 18.9. The van der Waals surface area contributed by atoms with E-state index in [2.05, 4.69) is 84.5 Å². The van der Waals surface area contributed by atoms with Gasteiger partial charge >= 0.3 is 0 Å². The lowest BCUT2D eigenvalue weighted by Gasteiger charge is -2.42. The first-order valence-electron chi connectivity index (χ1n) is 11.8. The summed E-state index contributed by atoms with van der Waals surface area (Å²) in [5, 5.41) is 3.50. The molecule has 2 saturated heterocycles. The van der Waals surface area contributed by atoms with E-state index in [1.807, 2.05) is 0 Å². The fourth-order valence-corrected chi connectivity index (χ4v) is 5.25. The second-order valence-corrected chi connectivity index (χ2v) is 10.2. The third kappa shape index (κ3) is 4.25. The molecule has 1 aromatic rings. The molecule has 6 heteroatoms. The molecule has 0 bridgehead atoms. The smallest absolute Gasteiger partial charge is 0.232 e. The predicted octanol–water partition coefficient (Wildman–Crippen LogP) is 4.50. The molecule has 1 N–H and O–H groups in total. The molecule has 0 aromatic carbocycles. The van der Waals surface area contributed by atoms with Gasteiger partial charge in [-0.15, -0.1) is 0 Å². The van der Waals surface area contributed by atoms with E-state index in [0.717, 1.165) is 37.8 Å². The molecular weight excluding hydrogens is 384 g/mol. The van der Waals surface area contributed by atoms with Crippen LogP contribution in [0.1, 0.15) is 46.5 Å². The topological polar surface area (TPSA) is 57.2 Å². The maximum absolute atomic E-state index is 5.07. The fraction of sp³-hybridized carbons (Fsp3) is 0.560. The molecule has 0 spiro atoms. The molecule has 2 aliphatic carbocycles. The van der Waals surface area contributed by atoms with Gasteiger partial charge in [0.1, 0.15) is 0 Å². The summed E-state index contributed by atoms with van der Waals surface area (Å²) in [5.41, 5.74) is -0.119. The van der Waals surface area contributed by atoms with Crippen LogP contribution in [-0.2, 0) is 0 Å². The summed E-state index contributed by atoms with van der Waals surface area (Å²) in [6.45, 7) is 8.40. The van der Waals surface area contributed by atoms with Gasteiger partial charge in [-0.1, -0.05) is 48.6 Å². The highest BCUT2D eigenvalue weighted by molar-refractivity contribution is 5.50. The van der Waals surface area contributed by atoms with Crippen molar-refractivity contribution in [3.63, 3.8) is 0 Å². The average molecular weight is 419 g/mol. The minimum absolute atomic E-state index is 0.119. The third-order valence-electron chi connectivity index (χ3n) is 6.64. The van der Waals surface area contributed by atoms with E-state index in [-0.39, 0.29) is 5.54 Å². The third-order valence-corrected chi connectivity index (χ3v) is 6.64. The van der Waals surface area contributed by atoms with Crippen molar-refractivity contribution >= 4 is 17.8 Å². The van der Waals surface area contributed by atoms with Crippen LogP contribution in [0.3, 0.4) is 0 Å². The lowest BCUT2D eigenvalue weighted by atomic mass is 9.86. The number of allylic oxidation sites excluding steroid dienone is 4. The number of nitrogens with zero attached hydrogens (tertiary/aromatic N) is 5. The molecule has 1 aromatic heterocycles. The van der Waals surface area contributed by atoms with Crippen molar-refractivity contribution in [1.29, 1.82) is 0 Å². The van der Waals surface area contributed by atoms with Crippen molar-refractivity contribution < 1.29 is 0 Å². The number of nitrogens with one attached hydrogen (secondary N) is 1. The van der Waals surface area contributed by atoms with Gasteiger partial charge in [0.2, 0.25) is 17.8 Å². The second-order valence-electron chi connectivity index (χ2n) is 10.2. The molecule has 2 fully saturated rings. The van der Waals surface area contributed by atoms with Crippen LogP contribution in [0.4, 0.5) is 17.8 Å². The lowest BCUT2D eigenvalue weighted by Crippen LogP contribution is -2.47. The van der Waals surface area contributed by atoms with Crippen LogP contribution < -0.4 is 15.1 Å². The lowest BCUT2D eigenvalue weighted by molar-refractivity contribution is 0.409. The molecular formula is C25H34N6. The van der Waals surface area contributed by atoms with Gasteiger partial charge in [0.25, 0.3) is 0 Å². The van der Waals surface area contributed by atoms with E-state index in [9.17, 15) is 0 Å². The van der Waals surface area contributed by atoms with Crippen LogP contribution in [0, 0.1) is 11.8 Å². The van der Waals surface area contributed by atoms with Crippen LogP contribution in [-0.4, -0.2) is 45.7 Å². The number of aromatic nitrogens is 3. The Hall–Kier alpha value is -2.63. The number of piperidine rings is 2. The second kappa shape index (κ2) is 8.13. The standard InChI is InChI=1S/C25H34N6/c1-25(2,3)29-22-26-23(30-16-8-12-18-10-4-6-14-20(18)30)28-24(27-22)31-17-9-13-19-11-5-7-15-21(19)31/h4-7,10-11,14-15,18-21H,8-9,12-13,16-17H2,1-3H3,(H,26,27,28,29). The summed E-state index contributed by atoms with van der Waals surface area (Å²) in [4.78, 5) is 19.6. The first-order chi connectivity index (χ1) is 15.0. The number of fused-ring (bicyclic) bond motifs is 2. The van der Waals surface area contributed by atoms with Gasteiger partial charge in [0.15, 0.2) is 0 Å². The van der Waals surface area contributed by atoms with E-state index in [1.54, 1.807) is 0 Å². The summed E-state index contributed by atoms with van der Waals surface area (Å²) in [7, 11) is 0. The van der Waals surface area contributed by atoms with E-state index < -0.39 is 0 Å². The Bertz CT molecular complexity index is 860. The summed E-state index contributed by atoms with van der Waals surface area (Å²) < 4.78 is 0. The van der Waals surface area contributed by atoms with Crippen LogP contribution >= 0.6 is 0 Å². The van der Waals surface area contributed by atoms with Crippen molar-refractivity contribution in [2.24, 2.45) is 11.8 Å². The molecule has 164 valence electrons. The molecule has 3 heterocycles. The predicted molar refractivity (Wildman–Crippen MR) is 127 cm³/mol. The fourth-order valence-electron chi connectivity index (χ4n) is 5.25. The van der Waals surface area contributed by atoms with Gasteiger partial charge in [0, 0.05) is 30.5 Å². The van der Waals surface area contributed by atoms with Gasteiger partial charge in [-0.2, -0.15) is 15.0 Å². The van der Waals surface area contributed by atoms with Gasteiger partial charge in [0.05, 0.1) is 12.1 Å². The molecule has 2 aliphatic heterocycles. The SMILES string of the molecule is CC(C)(C)Nc1nc(N2CCCC3C=CC=CC32)nc(N2CCCC3C=CC=CC32)n1. The number of hydrogen-bond acceptors (Lipinski definition) is 6. The van der Waals surface area contributed by atoms with Crippen LogP contribution in [0.5, 0.6) is 0 Å². The maximum Gasteiger partial charge on any atom is 0.232 e. The highest BCUT2D eigenvalue weighted by Crippen LogP contribution is 2.34. The van der Waals surface area contributed by atoms with Crippen LogP contribution in [0.15, 0.2) is 48.6 Å². The minimum Gasteiger partial charge on any atom is -0.349 e. The quantitative estimate of drug-likeness (QED) is 0.780. The van der Waals surface area contributed by atoms with E-state index in [1.165, 1.54) is 12.8 Å². The highest BCUT2D eigenvalue weighted by atomic mass is 15.4. The molecule has 4 aliphatic rings. The van der Waals surface area contributed by atoms with Crippen molar-refractivity contribution in [2.45, 2.75) is 64.1 Å². The molecule has 4 atom stereocenters. The van der Waals surface area contributed by atoms with Gasteiger partial charge < -0.3 is 15.1 Å². The Morgan fingerprint density at radius 3 is 1.71 bits per heavy atom. The molecule has 5 rings (SSSR count). The average Bonchev–Trinajstić information content (AvgIpc) is 2.77. The van der Waals surface area contributed by atoms with Crippen molar-refractivity contribution in [3.05, 3.63) is 48.6 Å². The summed E-state index contributed by atoms with van der Waals surface area (Å²) >= 11 is 0. The maximum atomic E-state index is 5.07. The van der Waals surface area contributed by atoms with Gasteiger partial charge in [-0.3, -0.25) is 0 Å². The van der Waals surface area contributed by atoms with Crippen molar-refractivity contribution in [3.8, 4) is 0 Å². The highest BCUT2D eigenvalue weighted by Gasteiger charge is 2.34. The van der Waals surface area contributed by atoms with Crippen molar-refractivity contribution in [1.82, 2.24) is 15.0 Å². The van der Waals surface area contributed by atoms with Gasteiger partial charge in [-0.25, -0.2) is 0 Å². The molecule has 31 heavy (non-hydrogen) atoms. The number of hydrogen-bond donors (Lipinski definition) is 1. The van der Waals surface area contributed by atoms with Crippen LogP contribution in [0.2, 0.25) is 0 Å². The number of anilines is 3. The molecule has 4 unspecified atom stereocenters. The molecule has 0 amide bonds. The first kappa shape index (κ1) is 20.3. The summed E-state index contributed by atoms with van der Waals surface area (Å²) in [6, 6.07) is 0.645. The van der Waals surface area contributed by atoms with Crippen LogP contribution in [0.25, 0.3) is 0 Å². The van der Waals surface area contributed by atoms with Gasteiger partial charge in [-0.05, 0) is 46.5 Å². The van der Waals surface area contributed by atoms with E-state index >= 15 is 0 Å². The van der Waals surface area contributed by atoms with Crippen molar-refractivity contribution in [2.75, 3.05) is 28.2 Å². The normalized spacial score (nSPS) is 29.6. The zero-order valence-electron chi connectivity index (χ0n) is 18.9. The zero-order chi connectivity index (χ0) is 21.4. The Morgan fingerprint density at radius 1 is 0.742 bits per heavy atom. The largest absolute Gasteiger partial charge is 0.349 e. The van der Waals surface area contributed by atoms with E-state index in [4.69, 9.17) is 15.0 Å².